The van der Waals surface area contributed by atoms with Crippen LogP contribution in [-0.2, 0) is 16.2 Å². The summed E-state index contributed by atoms with van der Waals surface area (Å²) in [4.78, 5) is 39.8. The average molecular weight is 634 g/mol. The molecule has 0 saturated carbocycles. The molecule has 1 N–H and O–H groups in total. The lowest BCUT2D eigenvalue weighted by molar-refractivity contribution is -0.122. The molecule has 0 spiro atoms. The molecule has 38 heavy (non-hydrogen) atoms. The Morgan fingerprint density at radius 1 is 0.895 bits per heavy atom. The fourth-order valence-electron chi connectivity index (χ4n) is 4.37. The second kappa shape index (κ2) is 10.6. The van der Waals surface area contributed by atoms with Gasteiger partial charge in [0.2, 0.25) is 0 Å². The van der Waals surface area contributed by atoms with Crippen molar-refractivity contribution in [1.82, 2.24) is 5.32 Å². The smallest absolute Gasteiger partial charge is 0.335 e. The molecule has 1 saturated heterocycles. The number of carbonyl (C=O) groups excluding carboxylic acids is 3. The zero-order valence-electron chi connectivity index (χ0n) is 20.5. The van der Waals surface area contributed by atoms with Crippen LogP contribution < -0.4 is 15.0 Å². The summed E-state index contributed by atoms with van der Waals surface area (Å²) < 4.78 is 7.84. The number of carbonyl (C=O) groups is 3. The molecule has 5 rings (SSSR count). The third-order valence-electron chi connectivity index (χ3n) is 6.42. The number of nitrogens with one attached hydrogen (secondary N) is 1. The molecule has 1 heterocycles. The quantitative estimate of drug-likeness (QED) is 0.186. The lowest BCUT2D eigenvalue weighted by atomic mass is 10.0. The van der Waals surface area contributed by atoms with Gasteiger partial charge < -0.3 is 4.74 Å². The van der Waals surface area contributed by atoms with Gasteiger partial charge in [0.1, 0.15) is 17.9 Å². The summed E-state index contributed by atoms with van der Waals surface area (Å²) in [7, 11) is 0. The number of imide groups is 2. The summed E-state index contributed by atoms with van der Waals surface area (Å²) in [6.07, 6.45) is 1.46. The standard InChI is InChI=1S/C30H22Br2N2O4/c1-17-7-8-19-5-3-4-6-23(19)25(17)16-38-27-12-9-21(31)14-20(27)15-24-28(35)33-30(37)34(29(24)36)22-10-11-26(32)18(2)13-22/h3-15H,16H2,1-2H3,(H,33,35,37)/b24-15-. The van der Waals surface area contributed by atoms with E-state index in [1.807, 2.05) is 32.0 Å². The number of urea groups is 1. The van der Waals surface area contributed by atoms with Gasteiger partial charge in [-0.1, -0.05) is 68.3 Å². The summed E-state index contributed by atoms with van der Waals surface area (Å²) >= 11 is 6.89. The van der Waals surface area contributed by atoms with Crippen molar-refractivity contribution in [3.8, 4) is 5.75 Å². The highest BCUT2D eigenvalue weighted by Gasteiger charge is 2.37. The normalized spacial score (nSPS) is 14.8. The van der Waals surface area contributed by atoms with Gasteiger partial charge in [-0.2, -0.15) is 0 Å². The Balaban J connectivity index is 1.50. The number of halogens is 2. The Kier molecular flexibility index (Phi) is 7.19. The van der Waals surface area contributed by atoms with Crippen molar-refractivity contribution in [3.63, 3.8) is 0 Å². The SMILES string of the molecule is Cc1cc(N2C(=O)NC(=O)/C(=C/c3cc(Br)ccc3OCc3c(C)ccc4ccccc34)C2=O)ccc1Br. The van der Waals surface area contributed by atoms with E-state index >= 15 is 0 Å². The second-order valence-electron chi connectivity index (χ2n) is 8.94. The zero-order chi connectivity index (χ0) is 27.0. The van der Waals surface area contributed by atoms with Crippen LogP contribution in [-0.4, -0.2) is 17.8 Å². The van der Waals surface area contributed by atoms with E-state index in [-0.39, 0.29) is 5.57 Å². The van der Waals surface area contributed by atoms with Crippen LogP contribution in [0.15, 0.2) is 87.3 Å². The predicted octanol–water partition coefficient (Wildman–Crippen LogP) is 7.23. The first-order chi connectivity index (χ1) is 18.2. The first kappa shape index (κ1) is 25.9. The van der Waals surface area contributed by atoms with Gasteiger partial charge in [-0.15, -0.1) is 0 Å². The highest BCUT2D eigenvalue weighted by Crippen LogP contribution is 2.31. The second-order valence-corrected chi connectivity index (χ2v) is 10.7. The minimum absolute atomic E-state index is 0.172. The molecule has 4 aromatic carbocycles. The predicted molar refractivity (Wildman–Crippen MR) is 155 cm³/mol. The largest absolute Gasteiger partial charge is 0.488 e. The number of hydrogen-bond acceptors (Lipinski definition) is 4. The van der Waals surface area contributed by atoms with Gasteiger partial charge in [0.05, 0.1) is 5.69 Å². The number of rotatable bonds is 5. The van der Waals surface area contributed by atoms with Gasteiger partial charge in [-0.05, 0) is 78.2 Å². The number of benzene rings is 4. The number of fused-ring (bicyclic) bond motifs is 1. The van der Waals surface area contributed by atoms with E-state index in [4.69, 9.17) is 4.74 Å². The number of aryl methyl sites for hydroxylation is 2. The van der Waals surface area contributed by atoms with Crippen molar-refractivity contribution in [3.05, 3.63) is 110 Å². The summed E-state index contributed by atoms with van der Waals surface area (Å²) in [5.74, 6) is -0.978. The van der Waals surface area contributed by atoms with Crippen LogP contribution in [0.2, 0.25) is 0 Å². The van der Waals surface area contributed by atoms with Crippen LogP contribution in [0.4, 0.5) is 10.5 Å². The van der Waals surface area contributed by atoms with Crippen LogP contribution in [0.3, 0.4) is 0 Å². The van der Waals surface area contributed by atoms with Crippen molar-refractivity contribution in [2.75, 3.05) is 4.90 Å². The van der Waals surface area contributed by atoms with Crippen molar-refractivity contribution in [2.45, 2.75) is 20.5 Å². The van der Waals surface area contributed by atoms with Crippen molar-refractivity contribution >= 4 is 72.2 Å². The van der Waals surface area contributed by atoms with Crippen LogP contribution in [0.5, 0.6) is 5.75 Å². The first-order valence-electron chi connectivity index (χ1n) is 11.8. The molecule has 0 radical (unpaired) electrons. The first-order valence-corrected chi connectivity index (χ1v) is 13.4. The molecule has 0 atom stereocenters. The lowest BCUT2D eigenvalue weighted by Gasteiger charge is -2.27. The molecule has 1 aliphatic rings. The van der Waals surface area contributed by atoms with E-state index in [2.05, 4.69) is 61.4 Å². The Bertz CT molecular complexity index is 1660. The van der Waals surface area contributed by atoms with Crippen molar-refractivity contribution < 1.29 is 19.1 Å². The number of amides is 4. The minimum atomic E-state index is -0.795. The Labute approximate surface area is 236 Å². The van der Waals surface area contributed by atoms with Gasteiger partial charge in [-0.3, -0.25) is 14.9 Å². The van der Waals surface area contributed by atoms with E-state index in [0.29, 0.717) is 23.6 Å². The highest BCUT2D eigenvalue weighted by atomic mass is 79.9. The fraction of sp³-hybridized carbons (Fsp3) is 0.100. The number of ether oxygens (including phenoxy) is 1. The van der Waals surface area contributed by atoms with Crippen molar-refractivity contribution in [2.24, 2.45) is 0 Å². The Morgan fingerprint density at radius 2 is 1.68 bits per heavy atom. The number of nitrogens with zero attached hydrogens (tertiary/aromatic N) is 1. The number of anilines is 1. The summed E-state index contributed by atoms with van der Waals surface area (Å²) in [5, 5.41) is 4.50. The topological polar surface area (TPSA) is 75.7 Å². The molecule has 1 aliphatic heterocycles. The van der Waals surface area contributed by atoms with E-state index < -0.39 is 17.8 Å². The third-order valence-corrected chi connectivity index (χ3v) is 7.80. The van der Waals surface area contributed by atoms with Crippen LogP contribution in [0.1, 0.15) is 22.3 Å². The zero-order valence-corrected chi connectivity index (χ0v) is 23.7. The Hall–Kier alpha value is -3.75. The molecular formula is C30H22Br2N2O4. The number of hydrogen-bond donors (Lipinski definition) is 1. The maximum absolute atomic E-state index is 13.4. The van der Waals surface area contributed by atoms with Crippen LogP contribution in [0, 0.1) is 13.8 Å². The molecule has 1 fully saturated rings. The molecule has 6 nitrogen and oxygen atoms in total. The van der Waals surface area contributed by atoms with Gasteiger partial charge >= 0.3 is 6.03 Å². The molecule has 0 aliphatic carbocycles. The molecule has 190 valence electrons. The molecule has 0 bridgehead atoms. The lowest BCUT2D eigenvalue weighted by Crippen LogP contribution is -2.54. The Morgan fingerprint density at radius 3 is 2.47 bits per heavy atom. The minimum Gasteiger partial charge on any atom is -0.488 e. The van der Waals surface area contributed by atoms with Gasteiger partial charge in [0, 0.05) is 20.1 Å². The summed E-state index contributed by atoms with van der Waals surface area (Å²) in [6, 6.07) is 21.9. The number of barbiturate groups is 1. The highest BCUT2D eigenvalue weighted by molar-refractivity contribution is 9.10. The molecule has 4 aromatic rings. The van der Waals surface area contributed by atoms with Crippen LogP contribution in [0.25, 0.3) is 16.8 Å². The van der Waals surface area contributed by atoms with Crippen LogP contribution >= 0.6 is 31.9 Å². The molecule has 0 aromatic heterocycles. The molecular weight excluding hydrogens is 612 g/mol. The fourth-order valence-corrected chi connectivity index (χ4v) is 4.99. The summed E-state index contributed by atoms with van der Waals surface area (Å²) in [5.41, 5.74) is 3.71. The van der Waals surface area contributed by atoms with E-state index in [0.717, 1.165) is 41.3 Å². The monoisotopic (exact) mass is 632 g/mol. The molecule has 0 unspecified atom stereocenters. The van der Waals surface area contributed by atoms with E-state index in [1.165, 1.54) is 6.08 Å². The van der Waals surface area contributed by atoms with Gasteiger partial charge in [0.25, 0.3) is 11.8 Å². The maximum Gasteiger partial charge on any atom is 0.335 e. The third kappa shape index (κ3) is 5.01. The summed E-state index contributed by atoms with van der Waals surface area (Å²) in [6.45, 7) is 4.19. The van der Waals surface area contributed by atoms with Crippen molar-refractivity contribution in [1.29, 1.82) is 0 Å². The van der Waals surface area contributed by atoms with E-state index in [9.17, 15) is 14.4 Å². The van der Waals surface area contributed by atoms with Gasteiger partial charge in [0.15, 0.2) is 0 Å². The average Bonchev–Trinajstić information content (AvgIpc) is 2.89. The molecule has 4 amide bonds. The van der Waals surface area contributed by atoms with Gasteiger partial charge in [-0.25, -0.2) is 9.69 Å². The molecule has 8 heteroatoms. The maximum atomic E-state index is 13.4. The van der Waals surface area contributed by atoms with E-state index in [1.54, 1.807) is 30.3 Å².